The minimum absolute atomic E-state index is 0. The molecule has 0 saturated carbocycles. The molecule has 0 aromatic heterocycles. The number of hydrogen-bond donors (Lipinski definition) is 1. The second kappa shape index (κ2) is 6.62. The monoisotopic (exact) mass is 173 g/mol. The zero-order valence-electron chi connectivity index (χ0n) is 7.78. The van der Waals surface area contributed by atoms with E-state index in [1.54, 1.807) is 0 Å². The van der Waals surface area contributed by atoms with Crippen LogP contribution in [0.2, 0.25) is 0 Å². The van der Waals surface area contributed by atoms with Crippen LogP contribution in [0.3, 0.4) is 0 Å². The summed E-state index contributed by atoms with van der Waals surface area (Å²) >= 11 is 0. The van der Waals surface area contributed by atoms with Crippen molar-refractivity contribution in [3.8, 4) is 0 Å². The predicted molar refractivity (Wildman–Crippen MR) is 58.5 cm³/mol. The molecule has 11 heavy (non-hydrogen) atoms. The second-order valence-electron chi connectivity index (χ2n) is 3.31. The number of allylic oxidation sites excluding steroid dienone is 2. The van der Waals surface area contributed by atoms with Crippen molar-refractivity contribution < 1.29 is 0 Å². The Morgan fingerprint density at radius 2 is 1.27 bits per heavy atom. The Bertz CT molecular complexity index is 108. The molecular formula is C9H23NSi. The molecule has 2 heteroatoms. The highest BCUT2D eigenvalue weighted by Gasteiger charge is 2.10. The number of rotatable bonds is 0. The van der Waals surface area contributed by atoms with Gasteiger partial charge in [0, 0.05) is 12.6 Å². The molecule has 0 aromatic carbocycles. The van der Waals surface area contributed by atoms with Gasteiger partial charge >= 0.3 is 0 Å². The van der Waals surface area contributed by atoms with Crippen LogP contribution in [0.5, 0.6) is 0 Å². The molecule has 0 amide bonds. The normalized spacial score (nSPS) is 18.8. The van der Waals surface area contributed by atoms with Gasteiger partial charge in [0.05, 0.1) is 0 Å². The lowest BCUT2D eigenvalue weighted by molar-refractivity contribution is 1.09. The molecule has 1 aliphatic heterocycles. The van der Waals surface area contributed by atoms with Crippen molar-refractivity contribution in [3.05, 3.63) is 11.1 Å². The van der Waals surface area contributed by atoms with Crippen LogP contribution in [0.4, 0.5) is 0 Å². The molecule has 1 saturated heterocycles. The van der Waals surface area contributed by atoms with Crippen LogP contribution < -0.4 is 5.32 Å². The zero-order chi connectivity index (χ0) is 8.15. The molecular weight excluding hydrogens is 150 g/mol. The molecule has 0 radical (unpaired) electrons. The standard InChI is InChI=1S/C6H12.C3H7N.H4Si/c1-5(2)6(3)4;1-3-2-4-3;/h1-4H3;3-4H,2H2,1H3;1H4. The van der Waals surface area contributed by atoms with Crippen molar-refractivity contribution in [1.29, 1.82) is 0 Å². The molecule has 1 heterocycles. The molecule has 68 valence electrons. The first-order valence-corrected chi connectivity index (χ1v) is 3.88. The molecule has 0 spiro atoms. The fraction of sp³-hybridized carbons (Fsp3) is 0.778. The Morgan fingerprint density at radius 1 is 1.09 bits per heavy atom. The summed E-state index contributed by atoms with van der Waals surface area (Å²) in [5.41, 5.74) is 2.85. The number of nitrogens with one attached hydrogen (secondary N) is 1. The molecule has 0 aromatic rings. The molecule has 0 bridgehead atoms. The van der Waals surface area contributed by atoms with Gasteiger partial charge in [-0.1, -0.05) is 11.1 Å². The van der Waals surface area contributed by atoms with Crippen LogP contribution in [-0.2, 0) is 0 Å². The predicted octanol–water partition coefficient (Wildman–Crippen LogP) is 0.889. The molecule has 1 fully saturated rings. The summed E-state index contributed by atoms with van der Waals surface area (Å²) in [6.07, 6.45) is 0. The molecule has 1 nitrogen and oxygen atoms in total. The van der Waals surface area contributed by atoms with E-state index in [-0.39, 0.29) is 11.0 Å². The van der Waals surface area contributed by atoms with Crippen LogP contribution in [0.15, 0.2) is 11.1 Å². The maximum absolute atomic E-state index is 3.10. The second-order valence-corrected chi connectivity index (χ2v) is 3.31. The van der Waals surface area contributed by atoms with Crippen molar-refractivity contribution in [2.24, 2.45) is 0 Å². The maximum atomic E-state index is 3.10. The molecule has 0 aliphatic carbocycles. The average Bonchev–Trinajstić information content (AvgIpc) is 2.52. The van der Waals surface area contributed by atoms with Crippen LogP contribution in [0, 0.1) is 0 Å². The third-order valence-corrected chi connectivity index (χ3v) is 1.61. The van der Waals surface area contributed by atoms with Gasteiger partial charge in [-0.25, -0.2) is 0 Å². The summed E-state index contributed by atoms with van der Waals surface area (Å²) < 4.78 is 0. The summed E-state index contributed by atoms with van der Waals surface area (Å²) in [6, 6.07) is 0.833. The Hall–Kier alpha value is -0.0831. The highest BCUT2D eigenvalue weighted by Crippen LogP contribution is 1.97. The molecule has 1 aliphatic rings. The molecule has 1 atom stereocenters. The minimum atomic E-state index is 0. The molecule has 1 unspecified atom stereocenters. The van der Waals surface area contributed by atoms with E-state index in [4.69, 9.17) is 0 Å². The summed E-state index contributed by atoms with van der Waals surface area (Å²) in [5, 5.41) is 3.10. The van der Waals surface area contributed by atoms with Crippen molar-refractivity contribution in [1.82, 2.24) is 5.32 Å². The zero-order valence-corrected chi connectivity index (χ0v) is 7.78. The third kappa shape index (κ3) is 13.0. The lowest BCUT2D eigenvalue weighted by Crippen LogP contribution is -1.72. The van der Waals surface area contributed by atoms with Gasteiger partial charge in [-0.3, -0.25) is 0 Å². The number of hydrogen-bond acceptors (Lipinski definition) is 1. The van der Waals surface area contributed by atoms with Crippen molar-refractivity contribution in [2.75, 3.05) is 6.54 Å². The van der Waals surface area contributed by atoms with Gasteiger partial charge in [0.25, 0.3) is 0 Å². The highest BCUT2D eigenvalue weighted by molar-refractivity contribution is 5.75. The van der Waals surface area contributed by atoms with E-state index in [0.717, 1.165) is 6.04 Å². The third-order valence-electron chi connectivity index (χ3n) is 1.61. The van der Waals surface area contributed by atoms with Gasteiger partial charge in [0.1, 0.15) is 0 Å². The van der Waals surface area contributed by atoms with Gasteiger partial charge < -0.3 is 5.32 Å². The summed E-state index contributed by atoms with van der Waals surface area (Å²) in [7, 11) is 0. The lowest BCUT2D eigenvalue weighted by Gasteiger charge is -1.88. The van der Waals surface area contributed by atoms with E-state index in [1.165, 1.54) is 17.7 Å². The van der Waals surface area contributed by atoms with Gasteiger partial charge in [-0.05, 0) is 45.6 Å². The molecule has 1 rings (SSSR count). The largest absolute Gasteiger partial charge is 0.311 e. The summed E-state index contributed by atoms with van der Waals surface area (Å²) in [5.74, 6) is 0. The minimum Gasteiger partial charge on any atom is -0.311 e. The van der Waals surface area contributed by atoms with Crippen LogP contribution in [0.1, 0.15) is 34.6 Å². The van der Waals surface area contributed by atoms with Gasteiger partial charge in [0.2, 0.25) is 0 Å². The first-order chi connectivity index (χ1) is 4.54. The van der Waals surface area contributed by atoms with Crippen molar-refractivity contribution in [2.45, 2.75) is 40.7 Å². The Labute approximate surface area is 75.3 Å². The first kappa shape index (κ1) is 13.5. The van der Waals surface area contributed by atoms with Crippen LogP contribution in [-0.4, -0.2) is 23.6 Å². The molecule has 1 N–H and O–H groups in total. The topological polar surface area (TPSA) is 21.9 Å². The Balaban J connectivity index is 0. The van der Waals surface area contributed by atoms with E-state index in [2.05, 4.69) is 39.9 Å². The Morgan fingerprint density at radius 3 is 1.27 bits per heavy atom. The highest BCUT2D eigenvalue weighted by atomic mass is 28.1. The average molecular weight is 173 g/mol. The smallest absolute Gasteiger partial charge is 0.0164 e. The summed E-state index contributed by atoms with van der Waals surface area (Å²) in [6.45, 7) is 11.9. The summed E-state index contributed by atoms with van der Waals surface area (Å²) in [4.78, 5) is 0. The lowest BCUT2D eigenvalue weighted by atomic mass is 10.2. The van der Waals surface area contributed by atoms with E-state index in [1.807, 2.05) is 0 Å². The van der Waals surface area contributed by atoms with E-state index < -0.39 is 0 Å². The first-order valence-electron chi connectivity index (χ1n) is 3.88. The van der Waals surface area contributed by atoms with Gasteiger partial charge in [0.15, 0.2) is 0 Å². The van der Waals surface area contributed by atoms with Gasteiger partial charge in [-0.15, -0.1) is 0 Å². The van der Waals surface area contributed by atoms with E-state index >= 15 is 0 Å². The van der Waals surface area contributed by atoms with Crippen molar-refractivity contribution in [3.63, 3.8) is 0 Å². The fourth-order valence-corrected chi connectivity index (χ4v) is 0.118. The van der Waals surface area contributed by atoms with Crippen molar-refractivity contribution >= 4 is 11.0 Å². The quantitative estimate of drug-likeness (QED) is 0.328. The van der Waals surface area contributed by atoms with E-state index in [9.17, 15) is 0 Å². The SMILES string of the molecule is CC(C)=C(C)C.CC1CN1.[SiH4]. The Kier molecular flexibility index (Phi) is 8.12. The maximum Gasteiger partial charge on any atom is 0.0164 e. The van der Waals surface area contributed by atoms with Crippen LogP contribution >= 0.6 is 0 Å². The van der Waals surface area contributed by atoms with Crippen LogP contribution in [0.25, 0.3) is 0 Å². The van der Waals surface area contributed by atoms with E-state index in [0.29, 0.717) is 0 Å². The van der Waals surface area contributed by atoms with Gasteiger partial charge in [-0.2, -0.15) is 0 Å². The fourth-order valence-electron chi connectivity index (χ4n) is 0.118.